The highest BCUT2D eigenvalue weighted by atomic mass is 35.5. The number of aromatic nitrogens is 3. The molecule has 0 saturated heterocycles. The van der Waals surface area contributed by atoms with Crippen LogP contribution in [-0.2, 0) is 6.54 Å². The number of halogens is 3. The Labute approximate surface area is 148 Å². The molecule has 0 aliphatic heterocycles. The van der Waals surface area contributed by atoms with Gasteiger partial charge in [-0.3, -0.25) is 4.98 Å². The summed E-state index contributed by atoms with van der Waals surface area (Å²) in [5.41, 5.74) is 1.69. The minimum Gasteiger partial charge on any atom is -0.373 e. The van der Waals surface area contributed by atoms with Crippen molar-refractivity contribution in [1.82, 2.24) is 15.0 Å². The number of hydrogen-bond donors (Lipinski definition) is 2. The quantitative estimate of drug-likeness (QED) is 0.715. The van der Waals surface area contributed by atoms with Crippen molar-refractivity contribution in [2.75, 3.05) is 17.7 Å². The van der Waals surface area contributed by atoms with Crippen LogP contribution < -0.4 is 10.6 Å². The first-order chi connectivity index (χ1) is 12.0. The van der Waals surface area contributed by atoms with Crippen molar-refractivity contribution >= 4 is 23.2 Å². The van der Waals surface area contributed by atoms with Gasteiger partial charge in [-0.05, 0) is 23.8 Å². The van der Waals surface area contributed by atoms with E-state index in [-0.39, 0.29) is 6.54 Å². The first-order valence-electron chi connectivity index (χ1n) is 7.39. The Morgan fingerprint density at radius 1 is 1.00 bits per heavy atom. The Balaban J connectivity index is 1.82. The fraction of sp³-hybridized carbons (Fsp3) is 0.118. The Kier molecular flexibility index (Phi) is 5.04. The molecule has 5 nitrogen and oxygen atoms in total. The molecule has 3 rings (SSSR count). The maximum absolute atomic E-state index is 13.2. The number of nitrogens with zero attached hydrogens (tertiary/aromatic N) is 3. The summed E-state index contributed by atoms with van der Waals surface area (Å²) in [6.45, 7) is 0.207. The number of rotatable bonds is 5. The van der Waals surface area contributed by atoms with E-state index in [4.69, 9.17) is 11.6 Å². The largest absolute Gasteiger partial charge is 0.373 e. The van der Waals surface area contributed by atoms with Gasteiger partial charge in [-0.1, -0.05) is 11.6 Å². The molecule has 0 unspecified atom stereocenters. The average Bonchev–Trinajstić information content (AvgIpc) is 2.60. The van der Waals surface area contributed by atoms with Gasteiger partial charge in [-0.2, -0.15) is 0 Å². The molecule has 0 radical (unpaired) electrons. The molecule has 0 aliphatic carbocycles. The highest BCUT2D eigenvalue weighted by Gasteiger charge is 2.09. The molecule has 0 saturated carbocycles. The van der Waals surface area contributed by atoms with Gasteiger partial charge in [0.05, 0.1) is 23.1 Å². The Bertz CT molecular complexity index is 884. The second kappa shape index (κ2) is 7.40. The molecule has 2 N–H and O–H groups in total. The molecule has 1 aromatic carbocycles. The van der Waals surface area contributed by atoms with Gasteiger partial charge >= 0.3 is 0 Å². The summed E-state index contributed by atoms with van der Waals surface area (Å²) >= 11 is 6.19. The van der Waals surface area contributed by atoms with Crippen molar-refractivity contribution in [2.45, 2.75) is 6.54 Å². The van der Waals surface area contributed by atoms with Crippen molar-refractivity contribution < 1.29 is 8.78 Å². The van der Waals surface area contributed by atoms with Gasteiger partial charge in [0.2, 0.25) is 0 Å². The maximum Gasteiger partial charge on any atom is 0.145 e. The van der Waals surface area contributed by atoms with Gasteiger partial charge in [-0.25, -0.2) is 18.7 Å². The zero-order chi connectivity index (χ0) is 17.8. The number of anilines is 2. The molecule has 2 heterocycles. The molecular weight excluding hydrogens is 348 g/mol. The summed E-state index contributed by atoms with van der Waals surface area (Å²) in [5, 5.41) is 6.37. The van der Waals surface area contributed by atoms with E-state index in [9.17, 15) is 8.78 Å². The van der Waals surface area contributed by atoms with E-state index in [1.165, 1.54) is 24.5 Å². The molecule has 0 aliphatic rings. The first kappa shape index (κ1) is 17.0. The summed E-state index contributed by atoms with van der Waals surface area (Å²) in [4.78, 5) is 12.7. The number of pyridine rings is 1. The van der Waals surface area contributed by atoms with E-state index in [1.807, 2.05) is 0 Å². The van der Waals surface area contributed by atoms with Crippen molar-refractivity contribution in [3.63, 3.8) is 0 Å². The third-order valence-electron chi connectivity index (χ3n) is 3.42. The summed E-state index contributed by atoms with van der Waals surface area (Å²) in [6, 6.07) is 5.10. The van der Waals surface area contributed by atoms with Gasteiger partial charge in [0.1, 0.15) is 23.3 Å². The molecule has 8 heteroatoms. The Hall–Kier alpha value is -2.80. The molecule has 0 bridgehead atoms. The molecule has 2 aromatic heterocycles. The second-order valence-electron chi connectivity index (χ2n) is 5.22. The zero-order valence-corrected chi connectivity index (χ0v) is 14.0. The SMILES string of the molecule is CNc1cc(-c2cncc(NCc3cc(F)cc(F)c3)n2)c(Cl)cn1. The lowest BCUT2D eigenvalue weighted by molar-refractivity contribution is 0.580. The topological polar surface area (TPSA) is 62.7 Å². The van der Waals surface area contributed by atoms with E-state index in [0.717, 1.165) is 6.07 Å². The van der Waals surface area contributed by atoms with Gasteiger partial charge in [0, 0.05) is 31.4 Å². The molecular formula is C17H14ClF2N5. The smallest absolute Gasteiger partial charge is 0.145 e. The molecule has 0 fully saturated rings. The normalized spacial score (nSPS) is 10.6. The van der Waals surface area contributed by atoms with Crippen molar-refractivity contribution in [2.24, 2.45) is 0 Å². The monoisotopic (exact) mass is 361 g/mol. The minimum absolute atomic E-state index is 0.207. The number of nitrogens with one attached hydrogen (secondary N) is 2. The predicted octanol–water partition coefficient (Wildman–Crippen LogP) is 4.12. The van der Waals surface area contributed by atoms with Crippen molar-refractivity contribution in [3.05, 3.63) is 65.1 Å². The van der Waals surface area contributed by atoms with Crippen LogP contribution >= 0.6 is 11.6 Å². The summed E-state index contributed by atoms with van der Waals surface area (Å²) in [6.07, 6.45) is 4.63. The van der Waals surface area contributed by atoms with Gasteiger partial charge in [0.25, 0.3) is 0 Å². The van der Waals surface area contributed by atoms with Crippen LogP contribution in [0.25, 0.3) is 11.3 Å². The van der Waals surface area contributed by atoms with E-state index in [1.54, 1.807) is 19.3 Å². The second-order valence-corrected chi connectivity index (χ2v) is 5.63. The van der Waals surface area contributed by atoms with Crippen LogP contribution in [-0.4, -0.2) is 22.0 Å². The average molecular weight is 362 g/mol. The number of benzene rings is 1. The van der Waals surface area contributed by atoms with Crippen LogP contribution in [0.2, 0.25) is 5.02 Å². The van der Waals surface area contributed by atoms with Gasteiger partial charge in [-0.15, -0.1) is 0 Å². The Morgan fingerprint density at radius 3 is 2.48 bits per heavy atom. The maximum atomic E-state index is 13.2. The van der Waals surface area contributed by atoms with Crippen LogP contribution in [0, 0.1) is 11.6 Å². The van der Waals surface area contributed by atoms with E-state index in [2.05, 4.69) is 25.6 Å². The molecule has 128 valence electrons. The summed E-state index contributed by atoms with van der Waals surface area (Å²) < 4.78 is 26.5. The highest BCUT2D eigenvalue weighted by molar-refractivity contribution is 6.33. The first-order valence-corrected chi connectivity index (χ1v) is 7.77. The zero-order valence-electron chi connectivity index (χ0n) is 13.2. The standard InChI is InChI=1S/C17H14ClF2N5/c1-21-16-5-13(14(18)7-24-16)15-8-22-9-17(25-15)23-6-10-2-11(19)4-12(20)3-10/h2-5,7-9H,6H2,1H3,(H,21,24)(H,23,25). The van der Waals surface area contributed by atoms with E-state index in [0.29, 0.717) is 33.5 Å². The molecule has 0 spiro atoms. The van der Waals surface area contributed by atoms with E-state index < -0.39 is 11.6 Å². The molecule has 25 heavy (non-hydrogen) atoms. The summed E-state index contributed by atoms with van der Waals surface area (Å²) in [7, 11) is 1.75. The van der Waals surface area contributed by atoms with Gasteiger partial charge < -0.3 is 10.6 Å². The van der Waals surface area contributed by atoms with Crippen molar-refractivity contribution in [1.29, 1.82) is 0 Å². The highest BCUT2D eigenvalue weighted by Crippen LogP contribution is 2.28. The third kappa shape index (κ3) is 4.19. The van der Waals surface area contributed by atoms with E-state index >= 15 is 0 Å². The van der Waals surface area contributed by atoms with Crippen LogP contribution in [0.4, 0.5) is 20.4 Å². The summed E-state index contributed by atoms with van der Waals surface area (Å²) in [5.74, 6) is -0.143. The van der Waals surface area contributed by atoms with Crippen molar-refractivity contribution in [3.8, 4) is 11.3 Å². The third-order valence-corrected chi connectivity index (χ3v) is 3.72. The van der Waals surface area contributed by atoms with Gasteiger partial charge in [0.15, 0.2) is 0 Å². The van der Waals surface area contributed by atoms with Crippen LogP contribution in [0.3, 0.4) is 0 Å². The van der Waals surface area contributed by atoms with Crippen LogP contribution in [0.15, 0.2) is 42.9 Å². The lowest BCUT2D eigenvalue weighted by Gasteiger charge is -2.09. The lowest BCUT2D eigenvalue weighted by Crippen LogP contribution is -2.03. The fourth-order valence-electron chi connectivity index (χ4n) is 2.26. The lowest BCUT2D eigenvalue weighted by atomic mass is 10.2. The number of hydrogen-bond acceptors (Lipinski definition) is 5. The Morgan fingerprint density at radius 2 is 1.76 bits per heavy atom. The van der Waals surface area contributed by atoms with Crippen LogP contribution in [0.5, 0.6) is 0 Å². The molecule has 0 atom stereocenters. The minimum atomic E-state index is -0.625. The molecule has 3 aromatic rings. The van der Waals surface area contributed by atoms with Crippen LogP contribution in [0.1, 0.15) is 5.56 Å². The predicted molar refractivity (Wildman–Crippen MR) is 93.5 cm³/mol. The fourth-order valence-corrected chi connectivity index (χ4v) is 2.46. The molecule has 0 amide bonds.